The van der Waals surface area contributed by atoms with Gasteiger partial charge in [0.25, 0.3) is 0 Å². The third kappa shape index (κ3) is 2.43. The van der Waals surface area contributed by atoms with E-state index in [1.807, 2.05) is 17.8 Å². The van der Waals surface area contributed by atoms with Gasteiger partial charge >= 0.3 is 6.01 Å². The summed E-state index contributed by atoms with van der Waals surface area (Å²) in [5.74, 6) is 0. The molecule has 0 saturated carbocycles. The second kappa shape index (κ2) is 6.14. The highest BCUT2D eigenvalue weighted by Gasteiger charge is 2.49. The van der Waals surface area contributed by atoms with E-state index in [2.05, 4.69) is 96.8 Å². The molecule has 3 heterocycles. The molecule has 5 nitrogen and oxygen atoms in total. The van der Waals surface area contributed by atoms with E-state index in [1.165, 1.54) is 22.3 Å². The Kier molecular flexibility index (Phi) is 3.78. The molecule has 4 aromatic rings. The molecule has 0 aliphatic carbocycles. The number of hydrogen-bond acceptors (Lipinski definition) is 3. The maximum atomic E-state index is 5.87. The number of anilines is 3. The number of rotatable bonds is 3. The lowest BCUT2D eigenvalue weighted by atomic mass is 9.96. The van der Waals surface area contributed by atoms with Crippen LogP contribution in [0.1, 0.15) is 26.5 Å². The second-order valence-corrected chi connectivity index (χ2v) is 8.36. The van der Waals surface area contributed by atoms with Crippen LogP contribution in [-0.4, -0.2) is 10.7 Å². The summed E-state index contributed by atoms with van der Waals surface area (Å²) < 4.78 is 10.2. The molecule has 1 aliphatic rings. The molecule has 1 aliphatic heterocycles. The molecular weight excluding hydrogens is 360 g/mol. The molecule has 0 saturated heterocycles. The lowest BCUT2D eigenvalue weighted by Crippen LogP contribution is -2.51. The van der Waals surface area contributed by atoms with Crippen LogP contribution in [0.4, 0.5) is 17.4 Å². The fraction of sp³-hybridized carbons (Fsp3) is 0.292. The Morgan fingerprint density at radius 2 is 1.69 bits per heavy atom. The van der Waals surface area contributed by atoms with Crippen LogP contribution in [0.15, 0.2) is 71.5 Å². The van der Waals surface area contributed by atoms with Crippen molar-refractivity contribution in [3.05, 3.63) is 72.8 Å². The number of nitrogens with zero attached hydrogens (tertiary/aromatic N) is 4. The second-order valence-electron chi connectivity index (χ2n) is 8.36. The summed E-state index contributed by atoms with van der Waals surface area (Å²) in [6.45, 7) is 6.85. The third-order valence-electron chi connectivity index (χ3n) is 6.29. The first-order chi connectivity index (χ1) is 13.9. The van der Waals surface area contributed by atoms with Gasteiger partial charge in [-0.25, -0.2) is 4.57 Å². The number of para-hydroxylation sites is 3. The van der Waals surface area contributed by atoms with Gasteiger partial charge in [-0.1, -0.05) is 30.3 Å². The average molecular weight is 388 g/mol. The van der Waals surface area contributed by atoms with Gasteiger partial charge in [-0.05, 0) is 50.4 Å². The summed E-state index contributed by atoms with van der Waals surface area (Å²) in [6, 6.07) is 20.3. The molecule has 2 aromatic carbocycles. The van der Waals surface area contributed by atoms with Gasteiger partial charge in [-0.2, -0.15) is 4.90 Å². The van der Waals surface area contributed by atoms with Crippen molar-refractivity contribution in [2.75, 3.05) is 9.80 Å². The molecule has 0 radical (unpaired) electrons. The minimum absolute atomic E-state index is 0.0952. The predicted molar refractivity (Wildman–Crippen MR) is 116 cm³/mol. The smallest absolute Gasteiger partial charge is 0.396 e. The molecule has 1 atom stereocenters. The van der Waals surface area contributed by atoms with E-state index in [0.29, 0.717) is 0 Å². The van der Waals surface area contributed by atoms with Gasteiger partial charge in [0.2, 0.25) is 0 Å². The normalized spacial score (nSPS) is 16.7. The highest BCUT2D eigenvalue weighted by Crippen LogP contribution is 2.49. The molecule has 0 bridgehead atoms. The highest BCUT2D eigenvalue weighted by molar-refractivity contribution is 5.84. The number of oxazole rings is 1. The number of aryl methyl sites for hydroxylation is 2. The fourth-order valence-electron chi connectivity index (χ4n) is 4.98. The zero-order valence-corrected chi connectivity index (χ0v) is 17.6. The van der Waals surface area contributed by atoms with Crippen molar-refractivity contribution < 1.29 is 8.98 Å². The van der Waals surface area contributed by atoms with Crippen molar-refractivity contribution in [3.8, 4) is 0 Å². The molecule has 0 fully saturated rings. The first-order valence-corrected chi connectivity index (χ1v) is 10.1. The van der Waals surface area contributed by atoms with Crippen LogP contribution >= 0.6 is 0 Å². The number of hydrogen-bond donors (Lipinski definition) is 0. The van der Waals surface area contributed by atoms with Crippen molar-refractivity contribution in [1.29, 1.82) is 0 Å². The van der Waals surface area contributed by atoms with Gasteiger partial charge < -0.3 is 13.9 Å². The lowest BCUT2D eigenvalue weighted by Gasteiger charge is -2.39. The summed E-state index contributed by atoms with van der Waals surface area (Å²) in [6.07, 6.45) is 3.78. The standard InChI is InChI=1S/C24H27N4O/c1-17-27(23-25(4)14-15-29-23)20-12-8-9-13-21(20)28(17)24(2,3)22-16-18-10-6-7-11-19(18)26(22)5/h6-17H,1-5H3/q+1/t17-/m1/s1. The van der Waals surface area contributed by atoms with Gasteiger partial charge in [0, 0.05) is 18.3 Å². The molecule has 5 rings (SSSR count). The van der Waals surface area contributed by atoms with Crippen LogP contribution in [0.5, 0.6) is 0 Å². The fourth-order valence-corrected chi connectivity index (χ4v) is 4.98. The lowest BCUT2D eigenvalue weighted by molar-refractivity contribution is -0.660. The minimum Gasteiger partial charge on any atom is -0.396 e. The molecule has 2 aromatic heterocycles. The van der Waals surface area contributed by atoms with Crippen LogP contribution in [0.2, 0.25) is 0 Å². The van der Waals surface area contributed by atoms with Crippen LogP contribution in [0.3, 0.4) is 0 Å². The Bertz CT molecular complexity index is 1200. The Balaban J connectivity index is 1.68. The summed E-state index contributed by atoms with van der Waals surface area (Å²) in [5.41, 5.74) is 4.68. The Hall–Kier alpha value is -3.21. The average Bonchev–Trinajstić information content (AvgIpc) is 3.36. The van der Waals surface area contributed by atoms with Crippen LogP contribution in [0, 0.1) is 0 Å². The molecular formula is C24H27N4O+. The van der Waals surface area contributed by atoms with Gasteiger partial charge in [0.05, 0.1) is 18.3 Å². The van der Waals surface area contributed by atoms with E-state index in [1.54, 1.807) is 6.26 Å². The molecule has 0 unspecified atom stereocenters. The van der Waals surface area contributed by atoms with Crippen molar-refractivity contribution in [2.24, 2.45) is 14.1 Å². The van der Waals surface area contributed by atoms with E-state index in [-0.39, 0.29) is 11.7 Å². The van der Waals surface area contributed by atoms with Crippen molar-refractivity contribution >= 4 is 28.3 Å². The monoisotopic (exact) mass is 387 g/mol. The number of aromatic nitrogens is 2. The van der Waals surface area contributed by atoms with Gasteiger partial charge in [0.1, 0.15) is 12.5 Å². The van der Waals surface area contributed by atoms with Crippen LogP contribution in [-0.2, 0) is 19.6 Å². The maximum Gasteiger partial charge on any atom is 0.463 e. The quantitative estimate of drug-likeness (QED) is 0.471. The number of fused-ring (bicyclic) bond motifs is 2. The Labute approximate surface area is 171 Å². The van der Waals surface area contributed by atoms with Crippen molar-refractivity contribution in [2.45, 2.75) is 32.5 Å². The van der Waals surface area contributed by atoms with E-state index in [0.717, 1.165) is 11.7 Å². The van der Waals surface area contributed by atoms with Crippen molar-refractivity contribution in [1.82, 2.24) is 4.57 Å². The topological polar surface area (TPSA) is 28.4 Å². The molecule has 148 valence electrons. The van der Waals surface area contributed by atoms with Gasteiger partial charge in [-0.15, -0.1) is 0 Å². The Morgan fingerprint density at radius 3 is 2.38 bits per heavy atom. The SMILES string of the molecule is C[C@@H]1N(c2occ[n+]2C)c2ccccc2N1C(C)(C)c1cc2ccccc2n1C. The molecule has 5 heteroatoms. The van der Waals surface area contributed by atoms with E-state index < -0.39 is 0 Å². The van der Waals surface area contributed by atoms with E-state index in [4.69, 9.17) is 4.42 Å². The van der Waals surface area contributed by atoms with Gasteiger partial charge in [0.15, 0.2) is 11.9 Å². The highest BCUT2D eigenvalue weighted by atomic mass is 16.4. The summed E-state index contributed by atoms with van der Waals surface area (Å²) in [4.78, 5) is 4.78. The van der Waals surface area contributed by atoms with Crippen LogP contribution < -0.4 is 14.4 Å². The van der Waals surface area contributed by atoms with Crippen molar-refractivity contribution in [3.63, 3.8) is 0 Å². The largest absolute Gasteiger partial charge is 0.463 e. The van der Waals surface area contributed by atoms with Crippen LogP contribution in [0.25, 0.3) is 10.9 Å². The summed E-state index contributed by atoms with van der Waals surface area (Å²) in [5, 5.41) is 1.27. The summed E-state index contributed by atoms with van der Waals surface area (Å²) in [7, 11) is 4.18. The Morgan fingerprint density at radius 1 is 1.00 bits per heavy atom. The molecule has 0 amide bonds. The molecule has 29 heavy (non-hydrogen) atoms. The number of benzene rings is 2. The zero-order valence-electron chi connectivity index (χ0n) is 17.6. The first-order valence-electron chi connectivity index (χ1n) is 10.1. The molecule has 0 spiro atoms. The zero-order chi connectivity index (χ0) is 20.3. The third-order valence-corrected chi connectivity index (χ3v) is 6.29. The van der Waals surface area contributed by atoms with E-state index >= 15 is 0 Å². The van der Waals surface area contributed by atoms with E-state index in [9.17, 15) is 0 Å². The minimum atomic E-state index is -0.233. The van der Waals surface area contributed by atoms with Gasteiger partial charge in [-0.3, -0.25) is 0 Å². The maximum absolute atomic E-state index is 5.87. The first kappa shape index (κ1) is 17.9. The molecule has 0 N–H and O–H groups in total. The predicted octanol–water partition coefficient (Wildman–Crippen LogP) is 4.84. The summed E-state index contributed by atoms with van der Waals surface area (Å²) >= 11 is 0.